The summed E-state index contributed by atoms with van der Waals surface area (Å²) in [6, 6.07) is 8.48. The van der Waals surface area contributed by atoms with E-state index in [1.165, 1.54) is 6.08 Å². The first kappa shape index (κ1) is 12.8. The van der Waals surface area contributed by atoms with E-state index in [1.807, 2.05) is 12.1 Å². The van der Waals surface area contributed by atoms with Gasteiger partial charge in [-0.2, -0.15) is 0 Å². The monoisotopic (exact) mass is 277 g/mol. The van der Waals surface area contributed by atoms with Gasteiger partial charge in [-0.25, -0.2) is 0 Å². The lowest BCUT2D eigenvalue weighted by Gasteiger charge is -1.99. The van der Waals surface area contributed by atoms with Gasteiger partial charge >= 0.3 is 0 Å². The Hall–Kier alpha value is -1.64. The SMILES string of the molecule is O=C(C=Cc1cccnc1)c1ccc(Cl)c(Cl)c1. The van der Waals surface area contributed by atoms with Gasteiger partial charge in [-0.05, 0) is 42.0 Å². The molecule has 1 heterocycles. The van der Waals surface area contributed by atoms with Gasteiger partial charge < -0.3 is 0 Å². The summed E-state index contributed by atoms with van der Waals surface area (Å²) < 4.78 is 0. The van der Waals surface area contributed by atoms with E-state index in [0.29, 0.717) is 15.6 Å². The molecule has 0 radical (unpaired) electrons. The maximum atomic E-state index is 11.9. The van der Waals surface area contributed by atoms with Crippen molar-refractivity contribution in [2.75, 3.05) is 0 Å². The number of pyridine rings is 1. The van der Waals surface area contributed by atoms with Crippen LogP contribution >= 0.6 is 23.2 Å². The minimum atomic E-state index is -0.127. The van der Waals surface area contributed by atoms with Crippen LogP contribution in [0.3, 0.4) is 0 Å². The minimum Gasteiger partial charge on any atom is -0.289 e. The van der Waals surface area contributed by atoms with Crippen molar-refractivity contribution in [1.82, 2.24) is 4.98 Å². The number of hydrogen-bond donors (Lipinski definition) is 0. The summed E-state index contributed by atoms with van der Waals surface area (Å²) in [4.78, 5) is 15.8. The molecule has 0 atom stereocenters. The first-order chi connectivity index (χ1) is 8.66. The van der Waals surface area contributed by atoms with Crippen LogP contribution in [0.5, 0.6) is 0 Å². The fraction of sp³-hybridized carbons (Fsp3) is 0. The molecule has 0 aliphatic heterocycles. The highest BCUT2D eigenvalue weighted by atomic mass is 35.5. The molecule has 0 fully saturated rings. The Kier molecular flexibility index (Phi) is 4.13. The summed E-state index contributed by atoms with van der Waals surface area (Å²) in [5, 5.41) is 0.807. The van der Waals surface area contributed by atoms with Crippen LogP contribution in [0.25, 0.3) is 6.08 Å². The van der Waals surface area contributed by atoms with Crippen molar-refractivity contribution in [3.05, 3.63) is 70.0 Å². The molecule has 1 aromatic heterocycles. The predicted octanol–water partition coefficient (Wildman–Crippen LogP) is 4.28. The summed E-state index contributed by atoms with van der Waals surface area (Å²) in [5.74, 6) is -0.127. The molecule has 0 N–H and O–H groups in total. The molecular formula is C14H9Cl2NO. The maximum Gasteiger partial charge on any atom is 0.185 e. The van der Waals surface area contributed by atoms with Crippen LogP contribution in [0.15, 0.2) is 48.8 Å². The average Bonchev–Trinajstić information content (AvgIpc) is 2.40. The van der Waals surface area contributed by atoms with Gasteiger partial charge in [0.25, 0.3) is 0 Å². The Bertz CT molecular complexity index is 594. The second-order valence-electron chi connectivity index (χ2n) is 3.61. The number of carbonyl (C=O) groups is 1. The fourth-order valence-corrected chi connectivity index (χ4v) is 1.69. The van der Waals surface area contributed by atoms with Crippen LogP contribution in [0.1, 0.15) is 15.9 Å². The molecule has 90 valence electrons. The van der Waals surface area contributed by atoms with Crippen molar-refractivity contribution in [3.8, 4) is 0 Å². The number of carbonyl (C=O) groups excluding carboxylic acids is 1. The van der Waals surface area contributed by atoms with Gasteiger partial charge in [-0.1, -0.05) is 29.3 Å². The number of aromatic nitrogens is 1. The third-order valence-corrected chi connectivity index (χ3v) is 3.05. The lowest BCUT2D eigenvalue weighted by atomic mass is 10.1. The summed E-state index contributed by atoms with van der Waals surface area (Å²) in [7, 11) is 0. The average molecular weight is 278 g/mol. The minimum absolute atomic E-state index is 0.127. The first-order valence-corrected chi connectivity index (χ1v) is 6.00. The van der Waals surface area contributed by atoms with E-state index in [0.717, 1.165) is 5.56 Å². The lowest BCUT2D eigenvalue weighted by molar-refractivity contribution is 0.104. The lowest BCUT2D eigenvalue weighted by Crippen LogP contribution is -1.93. The molecule has 2 rings (SSSR count). The van der Waals surface area contributed by atoms with Gasteiger partial charge in [-0.3, -0.25) is 9.78 Å². The number of hydrogen-bond acceptors (Lipinski definition) is 2. The first-order valence-electron chi connectivity index (χ1n) is 5.24. The number of halogens is 2. The largest absolute Gasteiger partial charge is 0.289 e. The second-order valence-corrected chi connectivity index (χ2v) is 4.43. The van der Waals surface area contributed by atoms with E-state index in [2.05, 4.69) is 4.98 Å². The zero-order valence-corrected chi connectivity index (χ0v) is 10.8. The quantitative estimate of drug-likeness (QED) is 0.619. The molecule has 4 heteroatoms. The standard InChI is InChI=1S/C14H9Cl2NO/c15-12-5-4-11(8-13(12)16)14(18)6-3-10-2-1-7-17-9-10/h1-9H. The molecule has 0 aliphatic carbocycles. The second kappa shape index (κ2) is 5.80. The van der Waals surface area contributed by atoms with Crippen molar-refractivity contribution in [3.63, 3.8) is 0 Å². The van der Waals surface area contributed by atoms with E-state index < -0.39 is 0 Å². The van der Waals surface area contributed by atoms with Crippen molar-refractivity contribution in [2.45, 2.75) is 0 Å². The molecule has 0 aliphatic rings. The molecule has 0 spiro atoms. The molecule has 0 bridgehead atoms. The van der Waals surface area contributed by atoms with Gasteiger partial charge in [-0.15, -0.1) is 0 Å². The molecule has 1 aromatic carbocycles. The van der Waals surface area contributed by atoms with E-state index in [9.17, 15) is 4.79 Å². The molecule has 2 aromatic rings. The van der Waals surface area contributed by atoms with Crippen molar-refractivity contribution >= 4 is 35.1 Å². The van der Waals surface area contributed by atoms with Crippen LogP contribution in [0.2, 0.25) is 10.0 Å². The molecule has 0 unspecified atom stereocenters. The molecule has 18 heavy (non-hydrogen) atoms. The van der Waals surface area contributed by atoms with Crippen molar-refractivity contribution < 1.29 is 4.79 Å². The van der Waals surface area contributed by atoms with Gasteiger partial charge in [0, 0.05) is 18.0 Å². The van der Waals surface area contributed by atoms with Crippen LogP contribution in [0, 0.1) is 0 Å². The van der Waals surface area contributed by atoms with Crippen molar-refractivity contribution in [1.29, 1.82) is 0 Å². The van der Waals surface area contributed by atoms with E-state index in [4.69, 9.17) is 23.2 Å². The van der Waals surface area contributed by atoms with Crippen molar-refractivity contribution in [2.24, 2.45) is 0 Å². The maximum absolute atomic E-state index is 11.9. The van der Waals surface area contributed by atoms with Crippen LogP contribution in [-0.2, 0) is 0 Å². The third kappa shape index (κ3) is 3.19. The summed E-state index contributed by atoms with van der Waals surface area (Å²) >= 11 is 11.6. The molecule has 2 nitrogen and oxygen atoms in total. The Balaban J connectivity index is 2.17. The smallest absolute Gasteiger partial charge is 0.185 e. The molecular weight excluding hydrogens is 269 g/mol. The number of allylic oxidation sites excluding steroid dienone is 1. The number of benzene rings is 1. The summed E-state index contributed by atoms with van der Waals surface area (Å²) in [6.07, 6.45) is 6.55. The van der Waals surface area contributed by atoms with Gasteiger partial charge in [0.15, 0.2) is 5.78 Å². The van der Waals surface area contributed by atoms with Gasteiger partial charge in [0.1, 0.15) is 0 Å². The molecule has 0 amide bonds. The van der Waals surface area contributed by atoms with Crippen LogP contribution < -0.4 is 0 Å². The Labute approximate surface area is 115 Å². The van der Waals surface area contributed by atoms with Gasteiger partial charge in [0.05, 0.1) is 10.0 Å². The topological polar surface area (TPSA) is 30.0 Å². The summed E-state index contributed by atoms with van der Waals surface area (Å²) in [6.45, 7) is 0. The Morgan fingerprint density at radius 3 is 2.67 bits per heavy atom. The predicted molar refractivity (Wildman–Crippen MR) is 74.1 cm³/mol. The highest BCUT2D eigenvalue weighted by Gasteiger charge is 2.04. The molecule has 0 saturated carbocycles. The van der Waals surface area contributed by atoms with E-state index in [-0.39, 0.29) is 5.78 Å². The molecule has 0 saturated heterocycles. The van der Waals surface area contributed by atoms with E-state index >= 15 is 0 Å². The number of ketones is 1. The third-order valence-electron chi connectivity index (χ3n) is 2.32. The Morgan fingerprint density at radius 1 is 1.17 bits per heavy atom. The highest BCUT2D eigenvalue weighted by Crippen LogP contribution is 2.23. The zero-order chi connectivity index (χ0) is 13.0. The Morgan fingerprint density at radius 2 is 2.00 bits per heavy atom. The van der Waals surface area contributed by atoms with Crippen LogP contribution in [-0.4, -0.2) is 10.8 Å². The highest BCUT2D eigenvalue weighted by molar-refractivity contribution is 6.42. The number of rotatable bonds is 3. The van der Waals surface area contributed by atoms with Gasteiger partial charge in [0.2, 0.25) is 0 Å². The summed E-state index contributed by atoms with van der Waals surface area (Å²) in [5.41, 5.74) is 1.37. The normalized spacial score (nSPS) is 10.8. The zero-order valence-electron chi connectivity index (χ0n) is 9.31. The van der Waals surface area contributed by atoms with E-state index in [1.54, 1.807) is 36.7 Å². The van der Waals surface area contributed by atoms with Crippen LogP contribution in [0.4, 0.5) is 0 Å². The number of nitrogens with zero attached hydrogens (tertiary/aromatic N) is 1. The fourth-order valence-electron chi connectivity index (χ4n) is 1.39.